The fourth-order valence-corrected chi connectivity index (χ4v) is 4.29. The Labute approximate surface area is 191 Å². The van der Waals surface area contributed by atoms with Gasteiger partial charge in [0.15, 0.2) is 5.84 Å². The summed E-state index contributed by atoms with van der Waals surface area (Å²) in [7, 11) is 0. The van der Waals surface area contributed by atoms with Crippen LogP contribution in [0.5, 0.6) is 0 Å². The second kappa shape index (κ2) is 11.8. The summed E-state index contributed by atoms with van der Waals surface area (Å²) in [6.45, 7) is 5.76. The van der Waals surface area contributed by atoms with Gasteiger partial charge in [0.05, 0.1) is 19.8 Å². The molecule has 1 saturated heterocycles. The summed E-state index contributed by atoms with van der Waals surface area (Å²) < 4.78 is 5.46. The van der Waals surface area contributed by atoms with Gasteiger partial charge in [0, 0.05) is 37.4 Å². The molecule has 0 saturated carbocycles. The molecule has 2 aliphatic heterocycles. The highest BCUT2D eigenvalue weighted by molar-refractivity contribution is 6.42. The van der Waals surface area contributed by atoms with E-state index < -0.39 is 0 Å². The van der Waals surface area contributed by atoms with Gasteiger partial charge in [-0.3, -0.25) is 14.7 Å². The Kier molecular flexibility index (Phi) is 8.29. The molecule has 0 aromatic heterocycles. The smallest absolute Gasteiger partial charge is 0.290 e. The van der Waals surface area contributed by atoms with Crippen LogP contribution in [0.3, 0.4) is 0 Å². The third-order valence-electron chi connectivity index (χ3n) is 6.13. The molecule has 0 radical (unpaired) electrons. The molecular weight excluding hydrogens is 400 g/mol. The van der Waals surface area contributed by atoms with E-state index in [0.29, 0.717) is 18.9 Å². The SMILES string of the molecule is O=C(Nc1ccc(CCN2CCOCC2)cc1C1=CCCCC1)C1=NC/C=C\C=C/CN1. The van der Waals surface area contributed by atoms with Crippen molar-refractivity contribution >= 4 is 23.0 Å². The molecule has 1 aromatic carbocycles. The van der Waals surface area contributed by atoms with Crippen LogP contribution in [-0.4, -0.2) is 62.6 Å². The lowest BCUT2D eigenvalue weighted by atomic mass is 9.91. The van der Waals surface area contributed by atoms with Crippen molar-refractivity contribution in [1.29, 1.82) is 0 Å². The zero-order chi connectivity index (χ0) is 22.0. The Balaban J connectivity index is 1.50. The average Bonchev–Trinajstić information content (AvgIpc) is 2.99. The van der Waals surface area contributed by atoms with Crippen LogP contribution in [0.2, 0.25) is 0 Å². The van der Waals surface area contributed by atoms with E-state index in [1.54, 1.807) is 0 Å². The van der Waals surface area contributed by atoms with E-state index in [4.69, 9.17) is 4.74 Å². The van der Waals surface area contributed by atoms with Gasteiger partial charge in [-0.05, 0) is 55.4 Å². The molecule has 6 nitrogen and oxygen atoms in total. The number of nitrogens with one attached hydrogen (secondary N) is 2. The summed E-state index contributed by atoms with van der Waals surface area (Å²) in [6.07, 6.45) is 15.8. The maximum Gasteiger partial charge on any atom is 0.290 e. The molecule has 6 heteroatoms. The molecule has 3 aliphatic rings. The average molecular weight is 435 g/mol. The Bertz CT molecular complexity index is 910. The normalized spacial score (nSPS) is 21.8. The van der Waals surface area contributed by atoms with Gasteiger partial charge in [0.2, 0.25) is 0 Å². The summed E-state index contributed by atoms with van der Waals surface area (Å²) in [4.78, 5) is 19.9. The molecule has 170 valence electrons. The Hall–Kier alpha value is -2.70. The number of allylic oxidation sites excluding steroid dienone is 4. The number of hydrogen-bond donors (Lipinski definition) is 2. The van der Waals surface area contributed by atoms with Crippen LogP contribution in [-0.2, 0) is 16.0 Å². The lowest BCUT2D eigenvalue weighted by molar-refractivity contribution is -0.110. The number of benzene rings is 1. The summed E-state index contributed by atoms with van der Waals surface area (Å²) in [5.41, 5.74) is 4.67. The first kappa shape index (κ1) is 22.5. The van der Waals surface area contributed by atoms with Gasteiger partial charge < -0.3 is 15.4 Å². The van der Waals surface area contributed by atoms with Crippen molar-refractivity contribution in [1.82, 2.24) is 10.2 Å². The minimum absolute atomic E-state index is 0.188. The van der Waals surface area contributed by atoms with Crippen LogP contribution >= 0.6 is 0 Å². The highest BCUT2D eigenvalue weighted by Gasteiger charge is 2.17. The number of hydrogen-bond acceptors (Lipinski definition) is 5. The monoisotopic (exact) mass is 434 g/mol. The van der Waals surface area contributed by atoms with E-state index in [2.05, 4.69) is 44.8 Å². The standard InChI is InChI=1S/C26H34N4O2/c31-26(25-27-13-6-1-2-7-14-28-25)29-24-11-10-21(12-15-30-16-18-32-19-17-30)20-23(24)22-8-4-3-5-9-22/h1-2,6-8,10-11,20H,3-5,9,12-19H2,(H,27,28)(H,29,31)/b6-1-,7-2-. The number of anilines is 1. The molecule has 0 unspecified atom stereocenters. The number of nitrogens with zero attached hydrogens (tertiary/aromatic N) is 2. The number of morpholine rings is 1. The quantitative estimate of drug-likeness (QED) is 0.718. The predicted molar refractivity (Wildman–Crippen MR) is 131 cm³/mol. The molecule has 2 N–H and O–H groups in total. The Morgan fingerprint density at radius 2 is 2.03 bits per heavy atom. The van der Waals surface area contributed by atoms with Crippen molar-refractivity contribution in [3.05, 3.63) is 59.7 Å². The van der Waals surface area contributed by atoms with Gasteiger partial charge in [-0.1, -0.05) is 36.4 Å². The maximum absolute atomic E-state index is 13.0. The summed E-state index contributed by atoms with van der Waals surface area (Å²) in [5, 5.41) is 6.26. The lowest BCUT2D eigenvalue weighted by Crippen LogP contribution is -2.37. The predicted octanol–water partition coefficient (Wildman–Crippen LogP) is 3.57. The first-order valence-corrected chi connectivity index (χ1v) is 11.8. The van der Waals surface area contributed by atoms with Gasteiger partial charge >= 0.3 is 0 Å². The third kappa shape index (κ3) is 6.40. The van der Waals surface area contributed by atoms with Gasteiger partial charge in [-0.25, -0.2) is 0 Å². The molecule has 0 spiro atoms. The molecule has 0 atom stereocenters. The number of amidine groups is 1. The number of rotatable bonds is 6. The largest absolute Gasteiger partial charge is 0.379 e. The molecule has 1 aliphatic carbocycles. The van der Waals surface area contributed by atoms with Gasteiger partial charge in [-0.2, -0.15) is 0 Å². The first-order chi connectivity index (χ1) is 15.8. The van der Waals surface area contributed by atoms with E-state index in [-0.39, 0.29) is 5.91 Å². The zero-order valence-corrected chi connectivity index (χ0v) is 18.8. The van der Waals surface area contributed by atoms with Crippen molar-refractivity contribution in [2.45, 2.75) is 32.1 Å². The Morgan fingerprint density at radius 3 is 2.88 bits per heavy atom. The van der Waals surface area contributed by atoms with Crippen molar-refractivity contribution < 1.29 is 9.53 Å². The van der Waals surface area contributed by atoms with Crippen LogP contribution in [0.15, 0.2) is 53.6 Å². The van der Waals surface area contributed by atoms with Gasteiger partial charge in [0.1, 0.15) is 0 Å². The van der Waals surface area contributed by atoms with Crippen LogP contribution < -0.4 is 10.6 Å². The van der Waals surface area contributed by atoms with Crippen molar-refractivity contribution in [2.24, 2.45) is 4.99 Å². The van der Waals surface area contributed by atoms with E-state index in [9.17, 15) is 4.79 Å². The van der Waals surface area contributed by atoms with Crippen molar-refractivity contribution in [3.63, 3.8) is 0 Å². The van der Waals surface area contributed by atoms with Crippen LogP contribution in [0.25, 0.3) is 5.57 Å². The molecule has 1 fully saturated rings. The zero-order valence-electron chi connectivity index (χ0n) is 18.8. The fourth-order valence-electron chi connectivity index (χ4n) is 4.29. The van der Waals surface area contributed by atoms with E-state index >= 15 is 0 Å². The third-order valence-corrected chi connectivity index (χ3v) is 6.13. The molecule has 2 heterocycles. The minimum Gasteiger partial charge on any atom is -0.379 e. The number of amides is 1. The fraction of sp³-hybridized carbons (Fsp3) is 0.462. The number of carbonyl (C=O) groups is 1. The van der Waals surface area contributed by atoms with Gasteiger partial charge in [0.25, 0.3) is 5.91 Å². The molecule has 1 amide bonds. The van der Waals surface area contributed by atoms with Crippen LogP contribution in [0, 0.1) is 0 Å². The maximum atomic E-state index is 13.0. The Morgan fingerprint density at radius 1 is 1.16 bits per heavy atom. The lowest BCUT2D eigenvalue weighted by Gasteiger charge is -2.26. The van der Waals surface area contributed by atoms with Crippen LogP contribution in [0.4, 0.5) is 5.69 Å². The summed E-state index contributed by atoms with van der Waals surface area (Å²) >= 11 is 0. The van der Waals surface area contributed by atoms with Gasteiger partial charge in [-0.15, -0.1) is 0 Å². The molecule has 4 rings (SSSR count). The van der Waals surface area contributed by atoms with E-state index in [0.717, 1.165) is 63.4 Å². The van der Waals surface area contributed by atoms with E-state index in [1.807, 2.05) is 24.3 Å². The topological polar surface area (TPSA) is 66.0 Å². The summed E-state index contributed by atoms with van der Waals surface area (Å²) in [6, 6.07) is 6.48. The van der Waals surface area contributed by atoms with Crippen LogP contribution in [0.1, 0.15) is 36.8 Å². The van der Waals surface area contributed by atoms with Crippen molar-refractivity contribution in [3.8, 4) is 0 Å². The van der Waals surface area contributed by atoms with Crippen molar-refractivity contribution in [2.75, 3.05) is 51.3 Å². The number of ether oxygens (including phenoxy) is 1. The summed E-state index contributed by atoms with van der Waals surface area (Å²) in [5.74, 6) is 0.189. The highest BCUT2D eigenvalue weighted by Crippen LogP contribution is 2.32. The molecule has 1 aromatic rings. The second-order valence-corrected chi connectivity index (χ2v) is 8.44. The number of aliphatic imine (C=N–C) groups is 1. The minimum atomic E-state index is -0.188. The molecule has 0 bridgehead atoms. The first-order valence-electron chi connectivity index (χ1n) is 11.8. The molecule has 32 heavy (non-hydrogen) atoms. The second-order valence-electron chi connectivity index (χ2n) is 8.44. The van der Waals surface area contributed by atoms with E-state index in [1.165, 1.54) is 24.0 Å². The number of carbonyl (C=O) groups excluding carboxylic acids is 1. The molecular formula is C26H34N4O2. The highest BCUT2D eigenvalue weighted by atomic mass is 16.5.